The van der Waals surface area contributed by atoms with Crippen molar-refractivity contribution in [1.29, 1.82) is 0 Å². The second-order valence-corrected chi connectivity index (χ2v) is 8.10. The maximum absolute atomic E-state index is 5.68. The molecule has 0 N–H and O–H groups in total. The summed E-state index contributed by atoms with van der Waals surface area (Å²) in [4.78, 5) is 0. The summed E-state index contributed by atoms with van der Waals surface area (Å²) in [7, 11) is 3.43. The number of fused-ring (bicyclic) bond motifs is 1. The van der Waals surface area contributed by atoms with Crippen molar-refractivity contribution in [2.24, 2.45) is 0 Å². The highest BCUT2D eigenvalue weighted by Gasteiger charge is 2.31. The SMILES string of the molecule is COc1cc(OC)c(-c2cc3c(cc2C)C(C)(C)CCC3C)cc1C. The van der Waals surface area contributed by atoms with Gasteiger partial charge in [-0.05, 0) is 71.9 Å². The fourth-order valence-corrected chi connectivity index (χ4v) is 4.14. The lowest BCUT2D eigenvalue weighted by atomic mass is 9.68. The molecule has 2 heteroatoms. The largest absolute Gasteiger partial charge is 0.496 e. The Morgan fingerprint density at radius 1 is 0.880 bits per heavy atom. The smallest absolute Gasteiger partial charge is 0.130 e. The molecule has 0 aliphatic heterocycles. The van der Waals surface area contributed by atoms with E-state index in [-0.39, 0.29) is 5.41 Å². The molecule has 1 atom stereocenters. The van der Waals surface area contributed by atoms with Crippen LogP contribution in [0.4, 0.5) is 0 Å². The van der Waals surface area contributed by atoms with Gasteiger partial charge in [-0.2, -0.15) is 0 Å². The molecule has 0 saturated heterocycles. The Morgan fingerprint density at radius 3 is 2.20 bits per heavy atom. The minimum atomic E-state index is 0.255. The van der Waals surface area contributed by atoms with Gasteiger partial charge in [-0.25, -0.2) is 0 Å². The van der Waals surface area contributed by atoms with E-state index in [1.807, 2.05) is 6.07 Å². The highest BCUT2D eigenvalue weighted by molar-refractivity contribution is 5.77. The number of benzene rings is 2. The molecule has 3 rings (SSSR count). The van der Waals surface area contributed by atoms with Gasteiger partial charge in [0.2, 0.25) is 0 Å². The molecule has 25 heavy (non-hydrogen) atoms. The average Bonchev–Trinajstić information content (AvgIpc) is 2.58. The molecule has 2 aromatic rings. The monoisotopic (exact) mass is 338 g/mol. The van der Waals surface area contributed by atoms with Crippen LogP contribution in [0.15, 0.2) is 24.3 Å². The first-order valence-corrected chi connectivity index (χ1v) is 9.16. The van der Waals surface area contributed by atoms with Crippen LogP contribution in [0.2, 0.25) is 0 Å². The molecule has 0 radical (unpaired) electrons. The number of hydrogen-bond acceptors (Lipinski definition) is 2. The predicted octanol–water partition coefficient (Wildman–Crippen LogP) is 6.16. The molecule has 0 saturated carbocycles. The second kappa shape index (κ2) is 6.40. The first-order valence-electron chi connectivity index (χ1n) is 9.16. The Bertz CT molecular complexity index is 802. The van der Waals surface area contributed by atoms with E-state index in [0.29, 0.717) is 5.92 Å². The third-order valence-electron chi connectivity index (χ3n) is 5.87. The van der Waals surface area contributed by atoms with E-state index >= 15 is 0 Å². The van der Waals surface area contributed by atoms with E-state index in [1.54, 1.807) is 14.2 Å². The molecular formula is C23H30O2. The van der Waals surface area contributed by atoms with Gasteiger partial charge in [-0.3, -0.25) is 0 Å². The quantitative estimate of drug-likeness (QED) is 0.667. The molecular weight excluding hydrogens is 308 g/mol. The van der Waals surface area contributed by atoms with E-state index in [4.69, 9.17) is 9.47 Å². The summed E-state index contributed by atoms with van der Waals surface area (Å²) in [6.07, 6.45) is 2.51. The van der Waals surface area contributed by atoms with Gasteiger partial charge in [0.1, 0.15) is 11.5 Å². The van der Waals surface area contributed by atoms with Crippen LogP contribution in [0.5, 0.6) is 11.5 Å². The molecule has 0 spiro atoms. The summed E-state index contributed by atoms with van der Waals surface area (Å²) in [5.41, 5.74) is 8.12. The first kappa shape index (κ1) is 17.8. The van der Waals surface area contributed by atoms with Gasteiger partial charge in [-0.1, -0.05) is 32.9 Å². The number of rotatable bonds is 3. The van der Waals surface area contributed by atoms with Crippen LogP contribution in [-0.2, 0) is 5.41 Å². The van der Waals surface area contributed by atoms with Gasteiger partial charge in [0.25, 0.3) is 0 Å². The number of methoxy groups -OCH3 is 2. The van der Waals surface area contributed by atoms with Crippen LogP contribution in [0, 0.1) is 13.8 Å². The minimum Gasteiger partial charge on any atom is -0.496 e. The van der Waals surface area contributed by atoms with E-state index in [9.17, 15) is 0 Å². The van der Waals surface area contributed by atoms with Gasteiger partial charge in [-0.15, -0.1) is 0 Å². The molecule has 1 unspecified atom stereocenters. The van der Waals surface area contributed by atoms with Gasteiger partial charge >= 0.3 is 0 Å². The summed E-state index contributed by atoms with van der Waals surface area (Å²) < 4.78 is 11.1. The zero-order valence-electron chi connectivity index (χ0n) is 16.6. The van der Waals surface area contributed by atoms with Crippen molar-refractivity contribution in [2.75, 3.05) is 14.2 Å². The molecule has 1 aliphatic carbocycles. The highest BCUT2D eigenvalue weighted by atomic mass is 16.5. The highest BCUT2D eigenvalue weighted by Crippen LogP contribution is 2.46. The van der Waals surface area contributed by atoms with Gasteiger partial charge in [0, 0.05) is 11.6 Å². The van der Waals surface area contributed by atoms with Crippen molar-refractivity contribution in [1.82, 2.24) is 0 Å². The summed E-state index contributed by atoms with van der Waals surface area (Å²) in [6.45, 7) is 11.4. The van der Waals surface area contributed by atoms with Crippen LogP contribution >= 0.6 is 0 Å². The summed E-state index contributed by atoms with van der Waals surface area (Å²) >= 11 is 0. The van der Waals surface area contributed by atoms with Gasteiger partial charge < -0.3 is 9.47 Å². The van der Waals surface area contributed by atoms with Crippen molar-refractivity contribution in [2.45, 2.75) is 58.8 Å². The van der Waals surface area contributed by atoms with Crippen LogP contribution in [-0.4, -0.2) is 14.2 Å². The zero-order chi connectivity index (χ0) is 18.4. The van der Waals surface area contributed by atoms with E-state index in [0.717, 1.165) is 22.6 Å². The summed E-state index contributed by atoms with van der Waals surface area (Å²) in [5.74, 6) is 2.34. The van der Waals surface area contributed by atoms with Crippen LogP contribution in [0.3, 0.4) is 0 Å². The van der Waals surface area contributed by atoms with Crippen LogP contribution < -0.4 is 9.47 Å². The van der Waals surface area contributed by atoms with Crippen molar-refractivity contribution in [3.8, 4) is 22.6 Å². The molecule has 0 bridgehead atoms. The number of hydrogen-bond donors (Lipinski definition) is 0. The zero-order valence-corrected chi connectivity index (χ0v) is 16.6. The molecule has 2 aromatic carbocycles. The Labute approximate surface area is 152 Å². The number of ether oxygens (including phenoxy) is 2. The summed E-state index contributed by atoms with van der Waals surface area (Å²) in [5, 5.41) is 0. The van der Waals surface area contributed by atoms with E-state index in [1.165, 1.54) is 35.1 Å². The molecule has 0 aromatic heterocycles. The lowest BCUT2D eigenvalue weighted by molar-refractivity contribution is 0.393. The molecule has 134 valence electrons. The average molecular weight is 338 g/mol. The first-order chi connectivity index (χ1) is 11.8. The molecule has 2 nitrogen and oxygen atoms in total. The van der Waals surface area contributed by atoms with E-state index in [2.05, 4.69) is 52.8 Å². The molecule has 1 aliphatic rings. The Balaban J connectivity index is 2.23. The fourth-order valence-electron chi connectivity index (χ4n) is 4.14. The van der Waals surface area contributed by atoms with Crippen LogP contribution in [0.1, 0.15) is 61.8 Å². The lowest BCUT2D eigenvalue weighted by Gasteiger charge is -2.37. The Hall–Kier alpha value is -1.96. The molecule has 0 heterocycles. The van der Waals surface area contributed by atoms with E-state index < -0.39 is 0 Å². The third kappa shape index (κ3) is 3.03. The lowest BCUT2D eigenvalue weighted by Crippen LogP contribution is -2.25. The van der Waals surface area contributed by atoms with Crippen molar-refractivity contribution >= 4 is 0 Å². The second-order valence-electron chi connectivity index (χ2n) is 8.10. The predicted molar refractivity (Wildman–Crippen MR) is 105 cm³/mol. The normalized spacial score (nSPS) is 18.6. The summed E-state index contributed by atoms with van der Waals surface area (Å²) in [6, 6.07) is 8.99. The van der Waals surface area contributed by atoms with Crippen molar-refractivity contribution in [3.05, 3.63) is 46.5 Å². The topological polar surface area (TPSA) is 18.5 Å². The molecule has 0 fully saturated rings. The third-order valence-corrected chi connectivity index (χ3v) is 5.87. The fraction of sp³-hybridized carbons (Fsp3) is 0.478. The Kier molecular flexibility index (Phi) is 4.57. The van der Waals surface area contributed by atoms with Gasteiger partial charge in [0.05, 0.1) is 14.2 Å². The van der Waals surface area contributed by atoms with Crippen molar-refractivity contribution < 1.29 is 9.47 Å². The van der Waals surface area contributed by atoms with Crippen LogP contribution in [0.25, 0.3) is 11.1 Å². The maximum atomic E-state index is 5.68. The molecule has 0 amide bonds. The Morgan fingerprint density at radius 2 is 1.56 bits per heavy atom. The standard InChI is InChI=1S/C23H30O2/c1-14-8-9-23(4,5)20-11-15(2)17(12-18(14)20)19-10-16(3)21(24-6)13-22(19)25-7/h10-14H,8-9H2,1-7H3. The minimum absolute atomic E-state index is 0.255. The number of aryl methyl sites for hydroxylation is 2. The van der Waals surface area contributed by atoms with Crippen molar-refractivity contribution in [3.63, 3.8) is 0 Å². The maximum Gasteiger partial charge on any atom is 0.130 e. The van der Waals surface area contributed by atoms with Gasteiger partial charge in [0.15, 0.2) is 0 Å².